The molecule has 26 heavy (non-hydrogen) atoms. The van der Waals surface area contributed by atoms with Crippen LogP contribution in [0, 0.1) is 0 Å². The van der Waals surface area contributed by atoms with Gasteiger partial charge in [-0.05, 0) is 51.2 Å². The molecule has 1 fully saturated rings. The molecule has 4 rings (SSSR count). The molecule has 2 aliphatic heterocycles. The first-order valence-electron chi connectivity index (χ1n) is 9.27. The molecule has 0 bridgehead atoms. The first-order valence-corrected chi connectivity index (χ1v) is 9.27. The number of hydrogen-bond acceptors (Lipinski definition) is 6. The van der Waals surface area contributed by atoms with Gasteiger partial charge in [-0.25, -0.2) is 9.67 Å². The highest BCUT2D eigenvalue weighted by molar-refractivity contribution is 5.61. The summed E-state index contributed by atoms with van der Waals surface area (Å²) in [4.78, 5) is 7.19. The Labute approximate surface area is 153 Å². The van der Waals surface area contributed by atoms with Crippen LogP contribution in [0.25, 0.3) is 11.4 Å². The largest absolute Gasteiger partial charge is 0.486 e. The SMILES string of the molecule is COCCc1nc(-c2ccc3c(c2)OCCO3)n(C2CCN(C)CC2)n1. The van der Waals surface area contributed by atoms with E-state index in [1.54, 1.807) is 7.11 Å². The summed E-state index contributed by atoms with van der Waals surface area (Å²) < 4.78 is 18.7. The molecule has 7 heteroatoms. The number of hydrogen-bond donors (Lipinski definition) is 0. The lowest BCUT2D eigenvalue weighted by Crippen LogP contribution is -2.32. The van der Waals surface area contributed by atoms with Crippen LogP contribution >= 0.6 is 0 Å². The van der Waals surface area contributed by atoms with Crippen molar-refractivity contribution in [1.82, 2.24) is 19.7 Å². The molecular formula is C19H26N4O3. The van der Waals surface area contributed by atoms with Crippen molar-refractivity contribution in [2.24, 2.45) is 0 Å². The maximum atomic E-state index is 5.75. The lowest BCUT2D eigenvalue weighted by Gasteiger charge is -2.29. The number of piperidine rings is 1. The number of benzene rings is 1. The number of likely N-dealkylation sites (tertiary alicyclic amines) is 1. The minimum Gasteiger partial charge on any atom is -0.486 e. The molecule has 1 aromatic carbocycles. The lowest BCUT2D eigenvalue weighted by molar-refractivity contribution is 0.171. The molecule has 1 saturated heterocycles. The summed E-state index contributed by atoms with van der Waals surface area (Å²) >= 11 is 0. The fourth-order valence-electron chi connectivity index (χ4n) is 3.54. The van der Waals surface area contributed by atoms with Crippen LogP contribution in [0.15, 0.2) is 18.2 Å². The minimum atomic E-state index is 0.373. The molecule has 0 atom stereocenters. The van der Waals surface area contributed by atoms with E-state index in [1.165, 1.54) is 0 Å². The highest BCUT2D eigenvalue weighted by Crippen LogP contribution is 2.35. The maximum absolute atomic E-state index is 5.75. The fourth-order valence-corrected chi connectivity index (χ4v) is 3.54. The molecule has 0 unspecified atom stereocenters. The molecule has 0 spiro atoms. The van der Waals surface area contributed by atoms with Gasteiger partial charge in [-0.15, -0.1) is 0 Å². The van der Waals surface area contributed by atoms with Gasteiger partial charge in [0.1, 0.15) is 13.2 Å². The van der Waals surface area contributed by atoms with Crippen LogP contribution in [0.3, 0.4) is 0 Å². The van der Waals surface area contributed by atoms with E-state index in [4.69, 9.17) is 24.3 Å². The molecule has 0 N–H and O–H groups in total. The smallest absolute Gasteiger partial charge is 0.162 e. The molecule has 1 aromatic heterocycles. The van der Waals surface area contributed by atoms with E-state index in [0.717, 1.165) is 54.6 Å². The van der Waals surface area contributed by atoms with Crippen molar-refractivity contribution in [3.05, 3.63) is 24.0 Å². The molecule has 0 aliphatic carbocycles. The summed E-state index contributed by atoms with van der Waals surface area (Å²) in [6, 6.07) is 6.40. The van der Waals surface area contributed by atoms with Crippen molar-refractivity contribution < 1.29 is 14.2 Å². The summed E-state index contributed by atoms with van der Waals surface area (Å²) in [6.07, 6.45) is 2.88. The summed E-state index contributed by atoms with van der Waals surface area (Å²) in [7, 11) is 3.87. The van der Waals surface area contributed by atoms with Gasteiger partial charge in [-0.3, -0.25) is 0 Å². The Balaban J connectivity index is 1.68. The summed E-state index contributed by atoms with van der Waals surface area (Å²) in [5.74, 6) is 3.31. The Hall–Kier alpha value is -2.12. The fraction of sp³-hybridized carbons (Fsp3) is 0.579. The van der Waals surface area contributed by atoms with E-state index in [1.807, 2.05) is 18.2 Å². The highest BCUT2D eigenvalue weighted by atomic mass is 16.6. The monoisotopic (exact) mass is 358 g/mol. The van der Waals surface area contributed by atoms with Crippen molar-refractivity contribution >= 4 is 0 Å². The number of methoxy groups -OCH3 is 1. The molecule has 2 aliphatic rings. The number of rotatable bonds is 5. The molecular weight excluding hydrogens is 332 g/mol. The number of nitrogens with zero attached hydrogens (tertiary/aromatic N) is 4. The zero-order chi connectivity index (χ0) is 17.9. The van der Waals surface area contributed by atoms with Gasteiger partial charge in [0.15, 0.2) is 23.1 Å². The standard InChI is InChI=1S/C19H26N4O3/c1-22-8-5-15(6-9-22)23-19(20-18(21-23)7-10-24-2)14-3-4-16-17(13-14)26-12-11-25-16/h3-4,13,15H,5-12H2,1-2H3. The third kappa shape index (κ3) is 3.54. The van der Waals surface area contributed by atoms with Gasteiger partial charge in [0.2, 0.25) is 0 Å². The van der Waals surface area contributed by atoms with Crippen molar-refractivity contribution in [3.8, 4) is 22.9 Å². The van der Waals surface area contributed by atoms with Crippen LogP contribution in [0.5, 0.6) is 11.5 Å². The number of aromatic nitrogens is 3. The molecule has 0 saturated carbocycles. The quantitative estimate of drug-likeness (QED) is 0.816. The second-order valence-corrected chi connectivity index (χ2v) is 6.93. The van der Waals surface area contributed by atoms with Crippen molar-refractivity contribution in [2.75, 3.05) is 47.1 Å². The summed E-state index contributed by atoms with van der Waals surface area (Å²) in [6.45, 7) is 3.96. The van der Waals surface area contributed by atoms with Crippen LogP contribution in [0.4, 0.5) is 0 Å². The molecule has 140 valence electrons. The van der Waals surface area contributed by atoms with Crippen LogP contribution in [-0.4, -0.2) is 66.7 Å². The molecule has 0 amide bonds. The van der Waals surface area contributed by atoms with Crippen LogP contribution in [-0.2, 0) is 11.2 Å². The molecule has 0 radical (unpaired) electrons. The van der Waals surface area contributed by atoms with E-state index in [-0.39, 0.29) is 0 Å². The predicted octanol–water partition coefficient (Wildman–Crippen LogP) is 2.17. The van der Waals surface area contributed by atoms with Crippen LogP contribution in [0.1, 0.15) is 24.7 Å². The normalized spacial score (nSPS) is 18.2. The van der Waals surface area contributed by atoms with E-state index < -0.39 is 0 Å². The average Bonchev–Trinajstić information content (AvgIpc) is 3.11. The zero-order valence-electron chi connectivity index (χ0n) is 15.5. The summed E-state index contributed by atoms with van der Waals surface area (Å²) in [5.41, 5.74) is 1.02. The highest BCUT2D eigenvalue weighted by Gasteiger charge is 2.24. The maximum Gasteiger partial charge on any atom is 0.162 e. The Morgan fingerprint density at radius 1 is 1.15 bits per heavy atom. The first-order chi connectivity index (χ1) is 12.7. The minimum absolute atomic E-state index is 0.373. The van der Waals surface area contributed by atoms with Gasteiger partial charge in [-0.2, -0.15) is 5.10 Å². The van der Waals surface area contributed by atoms with Gasteiger partial charge in [0.25, 0.3) is 0 Å². The van der Waals surface area contributed by atoms with Crippen LogP contribution in [0.2, 0.25) is 0 Å². The Morgan fingerprint density at radius 3 is 2.69 bits per heavy atom. The second-order valence-electron chi connectivity index (χ2n) is 6.93. The first kappa shape index (κ1) is 17.3. The van der Waals surface area contributed by atoms with Gasteiger partial charge >= 0.3 is 0 Å². The van der Waals surface area contributed by atoms with Crippen molar-refractivity contribution in [2.45, 2.75) is 25.3 Å². The van der Waals surface area contributed by atoms with E-state index in [9.17, 15) is 0 Å². The molecule has 7 nitrogen and oxygen atoms in total. The van der Waals surface area contributed by atoms with Gasteiger partial charge in [0.05, 0.1) is 12.6 Å². The van der Waals surface area contributed by atoms with Gasteiger partial charge in [0, 0.05) is 19.1 Å². The van der Waals surface area contributed by atoms with Crippen molar-refractivity contribution in [1.29, 1.82) is 0 Å². The lowest BCUT2D eigenvalue weighted by atomic mass is 10.1. The van der Waals surface area contributed by atoms with Crippen LogP contribution < -0.4 is 9.47 Å². The van der Waals surface area contributed by atoms with Crippen molar-refractivity contribution in [3.63, 3.8) is 0 Å². The zero-order valence-corrected chi connectivity index (χ0v) is 15.5. The summed E-state index contributed by atoms with van der Waals surface area (Å²) in [5, 5.41) is 4.82. The Morgan fingerprint density at radius 2 is 1.92 bits per heavy atom. The van der Waals surface area contributed by atoms with E-state index in [0.29, 0.717) is 32.3 Å². The average molecular weight is 358 g/mol. The number of fused-ring (bicyclic) bond motifs is 1. The molecule has 3 heterocycles. The van der Waals surface area contributed by atoms with Gasteiger partial charge in [-0.1, -0.05) is 0 Å². The number of ether oxygens (including phenoxy) is 3. The molecule has 2 aromatic rings. The third-order valence-corrected chi connectivity index (χ3v) is 5.04. The second kappa shape index (κ2) is 7.63. The predicted molar refractivity (Wildman–Crippen MR) is 97.8 cm³/mol. The van der Waals surface area contributed by atoms with E-state index >= 15 is 0 Å². The Bertz CT molecular complexity index is 753. The topological polar surface area (TPSA) is 61.6 Å². The van der Waals surface area contributed by atoms with E-state index in [2.05, 4.69) is 16.6 Å². The van der Waals surface area contributed by atoms with Gasteiger partial charge < -0.3 is 19.1 Å². The Kier molecular flexibility index (Phi) is 5.08. The third-order valence-electron chi connectivity index (χ3n) is 5.04.